The molecular weight excluding hydrogens is 430 g/mol. The van der Waals surface area contributed by atoms with Crippen LogP contribution in [0.1, 0.15) is 35.0 Å². The molecule has 1 atom stereocenters. The maximum atomic E-state index is 12.0. The van der Waals surface area contributed by atoms with Crippen molar-refractivity contribution >= 4 is 28.7 Å². The number of aromatic nitrogens is 3. The third-order valence-electron chi connectivity index (χ3n) is 4.99. The number of aliphatic imine (C=N–C) groups is 1. The molecule has 0 spiro atoms. The average molecular weight is 460 g/mol. The molecule has 1 aliphatic rings. The summed E-state index contributed by atoms with van der Waals surface area (Å²) in [7, 11) is 1.64. The molecule has 5 N–H and O–H groups in total. The Kier molecular flexibility index (Phi) is 7.29. The van der Waals surface area contributed by atoms with E-state index in [0.29, 0.717) is 47.4 Å². The second-order valence-electron chi connectivity index (χ2n) is 7.39. The van der Waals surface area contributed by atoms with Gasteiger partial charge < -0.3 is 26.3 Å². The number of nitrogen functional groups attached to an aromatic ring is 1. The topological polar surface area (TPSA) is 143 Å². The summed E-state index contributed by atoms with van der Waals surface area (Å²) >= 11 is 1.40. The Hall–Kier alpha value is -3.21. The van der Waals surface area contributed by atoms with E-state index in [-0.39, 0.29) is 5.82 Å². The number of hydrogen-bond acceptors (Lipinski definition) is 9. The number of aryl methyl sites for hydroxylation is 1. The van der Waals surface area contributed by atoms with Gasteiger partial charge in [-0.25, -0.2) is 14.5 Å². The molecule has 0 aromatic carbocycles. The van der Waals surface area contributed by atoms with Gasteiger partial charge in [0, 0.05) is 36.0 Å². The van der Waals surface area contributed by atoms with E-state index >= 15 is 0 Å². The first-order chi connectivity index (χ1) is 15.2. The van der Waals surface area contributed by atoms with Crippen LogP contribution in [0.4, 0.5) is 10.6 Å². The molecule has 2 aromatic heterocycles. The second kappa shape index (κ2) is 9.94. The molecule has 1 amide bonds. The summed E-state index contributed by atoms with van der Waals surface area (Å²) < 4.78 is 12.7. The zero-order valence-electron chi connectivity index (χ0n) is 18.8. The van der Waals surface area contributed by atoms with Crippen molar-refractivity contribution in [3.8, 4) is 5.75 Å². The first kappa shape index (κ1) is 23.5. The van der Waals surface area contributed by atoms with Gasteiger partial charge in [0.2, 0.25) is 0 Å². The summed E-state index contributed by atoms with van der Waals surface area (Å²) in [6, 6.07) is 0. The first-order valence-corrected chi connectivity index (χ1v) is 11.2. The molecule has 1 unspecified atom stereocenters. The van der Waals surface area contributed by atoms with Crippen LogP contribution in [0.25, 0.3) is 0 Å². The van der Waals surface area contributed by atoms with E-state index in [4.69, 9.17) is 26.0 Å². The minimum Gasteiger partial charge on any atom is -0.496 e. The number of carbonyl (C=O) groups is 1. The molecule has 0 saturated carbocycles. The van der Waals surface area contributed by atoms with Gasteiger partial charge in [-0.2, -0.15) is 5.10 Å². The van der Waals surface area contributed by atoms with Gasteiger partial charge in [-0.1, -0.05) is 6.58 Å². The van der Waals surface area contributed by atoms with Crippen LogP contribution in [-0.4, -0.2) is 51.4 Å². The highest BCUT2D eigenvalue weighted by molar-refractivity contribution is 8.14. The third-order valence-corrected chi connectivity index (χ3v) is 6.10. The van der Waals surface area contributed by atoms with Crippen molar-refractivity contribution < 1.29 is 14.3 Å². The Morgan fingerprint density at radius 3 is 2.88 bits per heavy atom. The predicted octanol–water partition coefficient (Wildman–Crippen LogP) is 2.11. The standard InChI is InChI=1S/C21H29N7O3S/c1-6-24-21(29)31-14-7-15-17(20(32-10-14)26-13(4)22)19(23)28(27-15)9-16-12(3)18(30-5)11(2)8-25-16/h8,14H,4,6-7,9-10,22-23H2,1-3,5H3,(H,24,29). The number of alkyl carbamates (subject to hydrolysis) is 1. The summed E-state index contributed by atoms with van der Waals surface area (Å²) in [5.41, 5.74) is 16.3. The molecule has 0 bridgehead atoms. The van der Waals surface area contributed by atoms with E-state index < -0.39 is 12.2 Å². The Morgan fingerprint density at radius 1 is 1.47 bits per heavy atom. The SMILES string of the molecule is C=C(N)N=C1SCC(OC(=O)NCC)Cc2nn(Cc3ncc(C)c(OC)c3C)c(N)c21. The number of anilines is 1. The smallest absolute Gasteiger partial charge is 0.407 e. The highest BCUT2D eigenvalue weighted by Gasteiger charge is 2.30. The van der Waals surface area contributed by atoms with Crippen LogP contribution in [0.15, 0.2) is 23.6 Å². The fourth-order valence-electron chi connectivity index (χ4n) is 3.55. The zero-order chi connectivity index (χ0) is 23.4. The normalized spacial score (nSPS) is 16.9. The Balaban J connectivity index is 1.99. The van der Waals surface area contributed by atoms with Gasteiger partial charge in [0.25, 0.3) is 0 Å². The van der Waals surface area contributed by atoms with Crippen LogP contribution in [0.2, 0.25) is 0 Å². The van der Waals surface area contributed by atoms with Crippen LogP contribution in [-0.2, 0) is 17.7 Å². The van der Waals surface area contributed by atoms with Gasteiger partial charge in [0.05, 0.1) is 30.6 Å². The number of methoxy groups -OCH3 is 1. The van der Waals surface area contributed by atoms with Crippen molar-refractivity contribution in [2.45, 2.75) is 39.8 Å². The predicted molar refractivity (Wildman–Crippen MR) is 126 cm³/mol. The summed E-state index contributed by atoms with van der Waals surface area (Å²) in [4.78, 5) is 20.9. The molecule has 0 saturated heterocycles. The molecule has 0 fully saturated rings. The second-order valence-corrected chi connectivity index (χ2v) is 8.40. The fraction of sp³-hybridized carbons (Fsp3) is 0.429. The molecule has 0 radical (unpaired) electrons. The minimum atomic E-state index is -0.470. The molecule has 1 aliphatic heterocycles. The molecule has 0 aliphatic carbocycles. The lowest BCUT2D eigenvalue weighted by Gasteiger charge is -2.15. The summed E-state index contributed by atoms with van der Waals surface area (Å²) in [5, 5.41) is 7.97. The largest absolute Gasteiger partial charge is 0.496 e. The van der Waals surface area contributed by atoms with Crippen LogP contribution in [0.5, 0.6) is 5.75 Å². The molecule has 172 valence electrons. The van der Waals surface area contributed by atoms with Crippen LogP contribution < -0.4 is 21.5 Å². The number of amides is 1. The molecule has 10 nitrogen and oxygen atoms in total. The van der Waals surface area contributed by atoms with Crippen molar-refractivity contribution in [2.24, 2.45) is 10.7 Å². The van der Waals surface area contributed by atoms with Gasteiger partial charge in [-0.3, -0.25) is 4.98 Å². The zero-order valence-corrected chi connectivity index (χ0v) is 19.6. The lowest BCUT2D eigenvalue weighted by Crippen LogP contribution is -2.31. The fourth-order valence-corrected chi connectivity index (χ4v) is 4.62. The number of nitrogens with two attached hydrogens (primary N) is 2. The average Bonchev–Trinajstić information content (AvgIpc) is 2.91. The monoisotopic (exact) mass is 459 g/mol. The number of hydrogen-bond donors (Lipinski definition) is 3. The van der Waals surface area contributed by atoms with Gasteiger partial charge in [-0.05, 0) is 20.8 Å². The molecule has 3 heterocycles. The lowest BCUT2D eigenvalue weighted by molar-refractivity contribution is 0.109. The van der Waals surface area contributed by atoms with Crippen LogP contribution in [0.3, 0.4) is 0 Å². The van der Waals surface area contributed by atoms with Crippen molar-refractivity contribution in [3.05, 3.63) is 46.7 Å². The first-order valence-electron chi connectivity index (χ1n) is 10.2. The van der Waals surface area contributed by atoms with Crippen molar-refractivity contribution in [2.75, 3.05) is 25.1 Å². The Bertz CT molecular complexity index is 1060. The van der Waals surface area contributed by atoms with Gasteiger partial charge in [0.1, 0.15) is 28.5 Å². The molecule has 11 heteroatoms. The number of thioether (sulfide) groups is 1. The van der Waals surface area contributed by atoms with E-state index in [0.717, 1.165) is 22.6 Å². The maximum Gasteiger partial charge on any atom is 0.407 e. The number of carbonyl (C=O) groups excluding carboxylic acids is 1. The number of rotatable bonds is 6. The van der Waals surface area contributed by atoms with E-state index in [1.807, 2.05) is 20.8 Å². The highest BCUT2D eigenvalue weighted by atomic mass is 32.2. The van der Waals surface area contributed by atoms with Gasteiger partial charge in [0.15, 0.2) is 0 Å². The van der Waals surface area contributed by atoms with E-state index in [1.165, 1.54) is 11.8 Å². The third kappa shape index (κ3) is 4.98. The number of fused-ring (bicyclic) bond motifs is 1. The van der Waals surface area contributed by atoms with E-state index in [1.54, 1.807) is 18.0 Å². The Labute approximate surface area is 191 Å². The lowest BCUT2D eigenvalue weighted by atomic mass is 10.1. The van der Waals surface area contributed by atoms with Gasteiger partial charge >= 0.3 is 6.09 Å². The quantitative estimate of drug-likeness (QED) is 0.596. The summed E-state index contributed by atoms with van der Waals surface area (Å²) in [6.45, 7) is 10.2. The number of nitrogens with zero attached hydrogens (tertiary/aromatic N) is 4. The highest BCUT2D eigenvalue weighted by Crippen LogP contribution is 2.32. The van der Waals surface area contributed by atoms with Crippen LogP contribution in [0, 0.1) is 13.8 Å². The molecule has 32 heavy (non-hydrogen) atoms. The number of ether oxygens (including phenoxy) is 2. The van der Waals surface area contributed by atoms with Crippen molar-refractivity contribution in [3.63, 3.8) is 0 Å². The minimum absolute atomic E-state index is 0.162. The summed E-state index contributed by atoms with van der Waals surface area (Å²) in [5.74, 6) is 1.88. The van der Waals surface area contributed by atoms with Crippen LogP contribution >= 0.6 is 11.8 Å². The number of pyridine rings is 1. The Morgan fingerprint density at radius 2 is 2.22 bits per heavy atom. The number of nitrogens with one attached hydrogen (secondary N) is 1. The van der Waals surface area contributed by atoms with Crippen molar-refractivity contribution in [1.82, 2.24) is 20.1 Å². The van der Waals surface area contributed by atoms with Gasteiger partial charge in [-0.15, -0.1) is 11.8 Å². The summed E-state index contributed by atoms with van der Waals surface area (Å²) in [6.07, 6.45) is 1.30. The molecule has 3 rings (SSSR count). The van der Waals surface area contributed by atoms with E-state index in [9.17, 15) is 4.79 Å². The van der Waals surface area contributed by atoms with E-state index in [2.05, 4.69) is 21.9 Å². The van der Waals surface area contributed by atoms with Crippen molar-refractivity contribution in [1.29, 1.82) is 0 Å². The molecule has 2 aromatic rings. The molecular formula is C21H29N7O3S. The maximum absolute atomic E-state index is 12.0.